The van der Waals surface area contributed by atoms with Gasteiger partial charge in [-0.25, -0.2) is 0 Å². The van der Waals surface area contributed by atoms with Crippen molar-refractivity contribution in [1.82, 2.24) is 10.6 Å². The van der Waals surface area contributed by atoms with Gasteiger partial charge in [-0.15, -0.1) is 0 Å². The summed E-state index contributed by atoms with van der Waals surface area (Å²) >= 11 is 0. The van der Waals surface area contributed by atoms with E-state index in [0.717, 1.165) is 32.6 Å². The Labute approximate surface area is 213 Å². The second-order valence-electron chi connectivity index (χ2n) is 9.66. The summed E-state index contributed by atoms with van der Waals surface area (Å²) in [5, 5.41) is 6.33. The van der Waals surface area contributed by atoms with Crippen molar-refractivity contribution in [3.63, 3.8) is 0 Å². The van der Waals surface area contributed by atoms with E-state index in [1.54, 1.807) is 0 Å². The third kappa shape index (κ3) is 38.6. The van der Waals surface area contributed by atoms with E-state index in [1.807, 2.05) is 0 Å². The van der Waals surface area contributed by atoms with E-state index in [1.165, 1.54) is 116 Å². The molecular weight excluding hydrogens is 422 g/mol. The molecule has 0 aromatic rings. The van der Waals surface area contributed by atoms with Gasteiger partial charge in [0.2, 0.25) is 5.91 Å². The number of primary amides is 1. The monoisotopic (exact) mass is 486 g/mol. The zero-order chi connectivity index (χ0) is 25.4. The van der Waals surface area contributed by atoms with E-state index >= 15 is 0 Å². The molecule has 0 atom stereocenters. The van der Waals surface area contributed by atoms with Crippen molar-refractivity contribution in [3.8, 4) is 0 Å². The number of rotatable bonds is 27. The van der Waals surface area contributed by atoms with Crippen LogP contribution in [0.5, 0.6) is 0 Å². The molecule has 206 valence electrons. The number of nitrogens with two attached hydrogens (primary N) is 3. The van der Waals surface area contributed by atoms with Crippen LogP contribution in [0.4, 0.5) is 0 Å². The lowest BCUT2D eigenvalue weighted by atomic mass is 10.0. The molecule has 0 heterocycles. The smallest absolute Gasteiger partial charge is 0.217 e. The number of carbonyl (C=O) groups excluding carboxylic acids is 1. The van der Waals surface area contributed by atoms with Crippen molar-refractivity contribution in [2.75, 3.05) is 39.3 Å². The third-order valence-corrected chi connectivity index (χ3v) is 6.15. The standard InChI is InChI=1S/C22H45NO.C6H18N4/c1-2-3-4-5-6-7-8-9-10-11-12-13-14-15-16-17-18-19-20-21-22(23)24;7-1-3-9-5-6-10-4-2-8/h2-21H2,1H3,(H2,23,24);9-10H,1-8H2. The second-order valence-corrected chi connectivity index (χ2v) is 9.66. The van der Waals surface area contributed by atoms with Crippen LogP contribution in [-0.2, 0) is 4.79 Å². The number of carbonyl (C=O) groups is 1. The Morgan fingerprint density at radius 2 is 0.794 bits per heavy atom. The molecule has 0 saturated heterocycles. The van der Waals surface area contributed by atoms with Gasteiger partial charge in [0, 0.05) is 45.7 Å². The van der Waals surface area contributed by atoms with E-state index in [0.29, 0.717) is 19.5 Å². The van der Waals surface area contributed by atoms with Gasteiger partial charge in [-0.05, 0) is 6.42 Å². The maximum atomic E-state index is 10.6. The van der Waals surface area contributed by atoms with Crippen molar-refractivity contribution < 1.29 is 4.79 Å². The molecule has 0 unspecified atom stereocenters. The zero-order valence-corrected chi connectivity index (χ0v) is 23.0. The summed E-state index contributed by atoms with van der Waals surface area (Å²) in [5.41, 5.74) is 15.7. The van der Waals surface area contributed by atoms with Gasteiger partial charge in [0.1, 0.15) is 0 Å². The predicted molar refractivity (Wildman–Crippen MR) is 151 cm³/mol. The lowest BCUT2D eigenvalue weighted by molar-refractivity contribution is -0.118. The van der Waals surface area contributed by atoms with Gasteiger partial charge in [0.25, 0.3) is 0 Å². The highest BCUT2D eigenvalue weighted by atomic mass is 16.1. The molecule has 34 heavy (non-hydrogen) atoms. The van der Waals surface area contributed by atoms with Crippen molar-refractivity contribution in [2.45, 2.75) is 135 Å². The topological polar surface area (TPSA) is 119 Å². The summed E-state index contributed by atoms with van der Waals surface area (Å²) in [5.74, 6) is -0.151. The highest BCUT2D eigenvalue weighted by Crippen LogP contribution is 2.14. The minimum absolute atomic E-state index is 0.151. The SMILES string of the molecule is CCCCCCCCCCCCCCCCCCCCCC(N)=O.NCCNCCNCCN. The van der Waals surface area contributed by atoms with Crippen LogP contribution >= 0.6 is 0 Å². The number of amides is 1. The van der Waals surface area contributed by atoms with E-state index in [2.05, 4.69) is 17.6 Å². The molecule has 0 aliphatic carbocycles. The molecule has 0 spiro atoms. The van der Waals surface area contributed by atoms with Gasteiger partial charge in [0.15, 0.2) is 0 Å². The van der Waals surface area contributed by atoms with Crippen LogP contribution in [0.15, 0.2) is 0 Å². The van der Waals surface area contributed by atoms with Gasteiger partial charge in [-0.1, -0.05) is 122 Å². The molecule has 0 rings (SSSR count). The Morgan fingerprint density at radius 1 is 0.500 bits per heavy atom. The molecule has 8 N–H and O–H groups in total. The summed E-state index contributed by atoms with van der Waals surface area (Å²) in [6.45, 7) is 7.42. The third-order valence-electron chi connectivity index (χ3n) is 6.15. The van der Waals surface area contributed by atoms with Crippen LogP contribution in [0.25, 0.3) is 0 Å². The van der Waals surface area contributed by atoms with Crippen LogP contribution in [0.3, 0.4) is 0 Å². The average molecular weight is 486 g/mol. The van der Waals surface area contributed by atoms with Crippen LogP contribution < -0.4 is 27.8 Å². The number of unbranched alkanes of at least 4 members (excludes halogenated alkanes) is 18. The number of hydrogen-bond acceptors (Lipinski definition) is 5. The second kappa shape index (κ2) is 34.5. The number of hydrogen-bond donors (Lipinski definition) is 5. The lowest BCUT2D eigenvalue weighted by Crippen LogP contribution is -2.32. The maximum Gasteiger partial charge on any atom is 0.217 e. The molecule has 0 fully saturated rings. The van der Waals surface area contributed by atoms with Crippen molar-refractivity contribution in [1.29, 1.82) is 0 Å². The summed E-state index contributed by atoms with van der Waals surface area (Å²) in [6, 6.07) is 0. The number of nitrogens with one attached hydrogen (secondary N) is 2. The normalized spacial score (nSPS) is 10.8. The largest absolute Gasteiger partial charge is 0.370 e. The molecule has 0 aliphatic rings. The maximum absolute atomic E-state index is 10.6. The highest BCUT2D eigenvalue weighted by Gasteiger charge is 1.96. The van der Waals surface area contributed by atoms with E-state index < -0.39 is 0 Å². The minimum Gasteiger partial charge on any atom is -0.370 e. The average Bonchev–Trinajstić information content (AvgIpc) is 2.83. The Morgan fingerprint density at radius 3 is 1.06 bits per heavy atom. The minimum atomic E-state index is -0.151. The zero-order valence-electron chi connectivity index (χ0n) is 23.0. The van der Waals surface area contributed by atoms with E-state index in [4.69, 9.17) is 17.2 Å². The molecule has 0 aromatic heterocycles. The van der Waals surface area contributed by atoms with Crippen LogP contribution in [0.2, 0.25) is 0 Å². The van der Waals surface area contributed by atoms with Crippen LogP contribution in [0.1, 0.15) is 135 Å². The van der Waals surface area contributed by atoms with Gasteiger partial charge < -0.3 is 27.8 Å². The summed E-state index contributed by atoms with van der Waals surface area (Å²) < 4.78 is 0. The van der Waals surface area contributed by atoms with Gasteiger partial charge >= 0.3 is 0 Å². The first-order valence-electron chi connectivity index (χ1n) is 14.8. The van der Waals surface area contributed by atoms with Crippen molar-refractivity contribution in [3.05, 3.63) is 0 Å². The molecule has 0 radical (unpaired) electrons. The fourth-order valence-corrected chi connectivity index (χ4v) is 4.01. The molecule has 0 aliphatic heterocycles. The van der Waals surface area contributed by atoms with Gasteiger partial charge in [-0.2, -0.15) is 0 Å². The molecule has 0 bridgehead atoms. The highest BCUT2D eigenvalue weighted by molar-refractivity contribution is 5.73. The Hall–Kier alpha value is -0.690. The first-order chi connectivity index (χ1) is 16.7. The lowest BCUT2D eigenvalue weighted by Gasteiger charge is -2.03. The van der Waals surface area contributed by atoms with Gasteiger partial charge in [0.05, 0.1) is 0 Å². The van der Waals surface area contributed by atoms with Crippen LogP contribution in [-0.4, -0.2) is 45.2 Å². The first kappa shape index (κ1) is 35.5. The molecule has 1 amide bonds. The Bertz CT molecular complexity index is 361. The first-order valence-corrected chi connectivity index (χ1v) is 14.8. The quantitative estimate of drug-likeness (QED) is 0.100. The Kier molecular flexibility index (Phi) is 36.0. The van der Waals surface area contributed by atoms with Crippen LogP contribution in [0, 0.1) is 0 Å². The molecule has 0 saturated carbocycles. The molecular formula is C28H63N5O. The van der Waals surface area contributed by atoms with E-state index in [-0.39, 0.29) is 5.91 Å². The van der Waals surface area contributed by atoms with Crippen molar-refractivity contribution >= 4 is 5.91 Å². The summed E-state index contributed by atoms with van der Waals surface area (Å²) in [6.07, 6.45) is 26.8. The molecule has 6 heteroatoms. The van der Waals surface area contributed by atoms with Crippen molar-refractivity contribution in [2.24, 2.45) is 17.2 Å². The van der Waals surface area contributed by atoms with Gasteiger partial charge in [-0.3, -0.25) is 4.79 Å². The molecule has 0 aromatic carbocycles. The van der Waals surface area contributed by atoms with E-state index in [9.17, 15) is 4.79 Å². The summed E-state index contributed by atoms with van der Waals surface area (Å²) in [4.78, 5) is 10.6. The fraction of sp³-hybridized carbons (Fsp3) is 0.964. The summed E-state index contributed by atoms with van der Waals surface area (Å²) in [7, 11) is 0. The predicted octanol–water partition coefficient (Wildman–Crippen LogP) is 5.38. The Balaban J connectivity index is 0. The molecule has 6 nitrogen and oxygen atoms in total. The fourth-order valence-electron chi connectivity index (χ4n) is 4.01.